The van der Waals surface area contributed by atoms with Crippen LogP contribution in [0.4, 0.5) is 5.82 Å². The van der Waals surface area contributed by atoms with Crippen LogP contribution in [0.1, 0.15) is 19.8 Å². The molecule has 1 fully saturated rings. The number of H-pyrrole nitrogens is 1. The van der Waals surface area contributed by atoms with Crippen LogP contribution in [0.2, 0.25) is 0 Å². The zero-order chi connectivity index (χ0) is 19.3. The van der Waals surface area contributed by atoms with Gasteiger partial charge in [-0.1, -0.05) is 0 Å². The molecule has 0 spiro atoms. The fourth-order valence-corrected chi connectivity index (χ4v) is 4.00. The second-order valence-corrected chi connectivity index (χ2v) is 7.32. The van der Waals surface area contributed by atoms with E-state index in [-0.39, 0.29) is 12.1 Å². The van der Waals surface area contributed by atoms with Gasteiger partial charge < -0.3 is 10.0 Å². The van der Waals surface area contributed by atoms with E-state index < -0.39 is 0 Å². The summed E-state index contributed by atoms with van der Waals surface area (Å²) in [5, 5.41) is 21.4. The number of nitrogens with zero attached hydrogens (tertiary/aromatic N) is 7. The Kier molecular flexibility index (Phi) is 3.90. The second-order valence-electron chi connectivity index (χ2n) is 7.32. The van der Waals surface area contributed by atoms with Crippen molar-refractivity contribution in [3.05, 3.63) is 36.9 Å². The third-order valence-electron chi connectivity index (χ3n) is 5.46. The maximum Gasteiger partial charge on any atom is 0.168 e. The van der Waals surface area contributed by atoms with Gasteiger partial charge in [0, 0.05) is 38.1 Å². The van der Waals surface area contributed by atoms with Gasteiger partial charge in [0.1, 0.15) is 17.8 Å². The lowest BCUT2D eigenvalue weighted by atomic mass is 10.0. The van der Waals surface area contributed by atoms with Crippen molar-refractivity contribution in [1.29, 1.82) is 0 Å². The predicted octanol–water partition coefficient (Wildman–Crippen LogP) is 1.87. The Morgan fingerprint density at radius 2 is 2.14 bits per heavy atom. The number of aliphatic hydroxyl groups is 1. The third-order valence-corrected chi connectivity index (χ3v) is 5.46. The molecule has 0 radical (unpaired) electrons. The first-order valence-electron chi connectivity index (χ1n) is 9.42. The number of aliphatic hydroxyl groups excluding tert-OH is 1. The number of aromatic nitrogens is 7. The monoisotopic (exact) mass is 378 g/mol. The van der Waals surface area contributed by atoms with Gasteiger partial charge in [0.05, 0.1) is 23.2 Å². The molecule has 0 amide bonds. The summed E-state index contributed by atoms with van der Waals surface area (Å²) in [6.45, 7) is 2.93. The van der Waals surface area contributed by atoms with E-state index in [2.05, 4.69) is 38.2 Å². The van der Waals surface area contributed by atoms with Crippen molar-refractivity contribution in [2.45, 2.75) is 31.9 Å². The quantitative estimate of drug-likeness (QED) is 0.564. The minimum atomic E-state index is -0.247. The summed E-state index contributed by atoms with van der Waals surface area (Å²) in [6, 6.07) is 6.14. The Bertz CT molecular complexity index is 1110. The lowest BCUT2D eigenvalue weighted by Gasteiger charge is -2.37. The fraction of sp³-hybridized carbons (Fsp3) is 0.368. The number of aryl methyl sites for hydroxylation is 1. The van der Waals surface area contributed by atoms with Crippen LogP contribution >= 0.6 is 0 Å². The summed E-state index contributed by atoms with van der Waals surface area (Å²) in [5.41, 5.74) is 4.11. The van der Waals surface area contributed by atoms with Gasteiger partial charge in [0.25, 0.3) is 0 Å². The first-order chi connectivity index (χ1) is 13.6. The van der Waals surface area contributed by atoms with E-state index in [9.17, 15) is 5.11 Å². The molecule has 4 aromatic rings. The number of nitrogens with one attached hydrogen (secondary N) is 1. The molecule has 4 aromatic heterocycles. The molecule has 0 saturated carbocycles. The topological polar surface area (TPSA) is 100 Å². The van der Waals surface area contributed by atoms with E-state index in [1.807, 2.05) is 28.3 Å². The maximum atomic E-state index is 10.0. The van der Waals surface area contributed by atoms with Crippen LogP contribution in [0.5, 0.6) is 0 Å². The van der Waals surface area contributed by atoms with Gasteiger partial charge in [-0.15, -0.1) is 0 Å². The Hall–Kier alpha value is -3.20. The summed E-state index contributed by atoms with van der Waals surface area (Å²) in [4.78, 5) is 11.8. The molecular weight excluding hydrogens is 356 g/mol. The van der Waals surface area contributed by atoms with Crippen LogP contribution in [0.15, 0.2) is 36.9 Å². The summed E-state index contributed by atoms with van der Waals surface area (Å²) < 4.78 is 3.84. The largest absolute Gasteiger partial charge is 0.393 e. The van der Waals surface area contributed by atoms with E-state index in [4.69, 9.17) is 4.98 Å². The van der Waals surface area contributed by atoms with Crippen LogP contribution < -0.4 is 4.90 Å². The normalized spacial score (nSPS) is 20.2. The molecule has 1 unspecified atom stereocenters. The molecule has 28 heavy (non-hydrogen) atoms. The lowest BCUT2D eigenvalue weighted by molar-refractivity contribution is 0.131. The minimum Gasteiger partial charge on any atom is -0.393 e. The second kappa shape index (κ2) is 6.45. The predicted molar refractivity (Wildman–Crippen MR) is 105 cm³/mol. The molecule has 5 heterocycles. The average molecular weight is 378 g/mol. The van der Waals surface area contributed by atoms with E-state index >= 15 is 0 Å². The van der Waals surface area contributed by atoms with E-state index in [1.165, 1.54) is 0 Å². The van der Waals surface area contributed by atoms with Gasteiger partial charge in [-0.25, -0.2) is 9.97 Å². The van der Waals surface area contributed by atoms with Crippen molar-refractivity contribution in [2.75, 3.05) is 11.4 Å². The maximum absolute atomic E-state index is 10.0. The van der Waals surface area contributed by atoms with E-state index in [1.54, 1.807) is 18.7 Å². The first-order valence-corrected chi connectivity index (χ1v) is 9.42. The number of fused-ring (bicyclic) bond motifs is 1. The Labute approximate surface area is 161 Å². The number of hydrogen-bond donors (Lipinski definition) is 2. The third kappa shape index (κ3) is 2.66. The van der Waals surface area contributed by atoms with Gasteiger partial charge in [0.2, 0.25) is 0 Å². The molecule has 2 atom stereocenters. The van der Waals surface area contributed by atoms with Crippen molar-refractivity contribution in [3.8, 4) is 22.8 Å². The molecule has 0 aliphatic carbocycles. The number of rotatable bonds is 3. The van der Waals surface area contributed by atoms with Crippen molar-refractivity contribution in [2.24, 2.45) is 7.05 Å². The van der Waals surface area contributed by atoms with Crippen LogP contribution in [0.25, 0.3) is 28.4 Å². The summed E-state index contributed by atoms with van der Waals surface area (Å²) in [6.07, 6.45) is 6.53. The van der Waals surface area contributed by atoms with Crippen molar-refractivity contribution < 1.29 is 5.11 Å². The molecule has 9 nitrogen and oxygen atoms in total. The highest BCUT2D eigenvalue weighted by molar-refractivity contribution is 5.76. The van der Waals surface area contributed by atoms with Gasteiger partial charge in [-0.05, 0) is 31.9 Å². The summed E-state index contributed by atoms with van der Waals surface area (Å²) in [5.74, 6) is 1.01. The van der Waals surface area contributed by atoms with E-state index in [0.29, 0.717) is 0 Å². The summed E-state index contributed by atoms with van der Waals surface area (Å²) >= 11 is 0. The van der Waals surface area contributed by atoms with Crippen molar-refractivity contribution in [3.63, 3.8) is 0 Å². The molecule has 1 saturated heterocycles. The molecule has 9 heteroatoms. The Balaban J connectivity index is 1.73. The average Bonchev–Trinajstić information content (AvgIpc) is 3.41. The smallest absolute Gasteiger partial charge is 0.168 e. The van der Waals surface area contributed by atoms with E-state index in [0.717, 1.165) is 53.6 Å². The van der Waals surface area contributed by atoms with Crippen LogP contribution in [-0.4, -0.2) is 58.1 Å². The standard InChI is InChI=1S/C19H22N8O/c1-12-9-13(28)5-8-26(12)17-10-15(16-4-7-22-25(16)2)23-19-18(20-11-27(17)19)14-3-6-21-24-14/h3-4,6-7,10-13,28H,5,8-9H2,1-2H3,(H,21,24)/t12-,13?/m1/s1. The van der Waals surface area contributed by atoms with Crippen molar-refractivity contribution >= 4 is 11.5 Å². The highest BCUT2D eigenvalue weighted by Crippen LogP contribution is 2.32. The molecular formula is C19H22N8O. The number of imidazole rings is 1. The Morgan fingerprint density at radius 1 is 1.25 bits per heavy atom. The lowest BCUT2D eigenvalue weighted by Crippen LogP contribution is -2.43. The van der Waals surface area contributed by atoms with Gasteiger partial charge in [0.15, 0.2) is 5.65 Å². The highest BCUT2D eigenvalue weighted by Gasteiger charge is 2.27. The molecule has 0 bridgehead atoms. The molecule has 1 aliphatic heterocycles. The fourth-order valence-electron chi connectivity index (χ4n) is 4.00. The molecule has 144 valence electrons. The summed E-state index contributed by atoms with van der Waals surface area (Å²) in [7, 11) is 1.91. The van der Waals surface area contributed by atoms with Crippen LogP contribution in [0.3, 0.4) is 0 Å². The van der Waals surface area contributed by atoms with Crippen LogP contribution in [-0.2, 0) is 7.05 Å². The number of aromatic amines is 1. The molecule has 2 N–H and O–H groups in total. The molecule has 0 aromatic carbocycles. The SMILES string of the molecule is C[C@@H]1CC(O)CCN1c1cc(-c2ccnn2C)nc2c(-c3ccn[nH]3)ncn12. The van der Waals surface area contributed by atoms with Crippen LogP contribution in [0, 0.1) is 0 Å². The zero-order valence-electron chi connectivity index (χ0n) is 15.8. The molecule has 5 rings (SSSR count). The zero-order valence-corrected chi connectivity index (χ0v) is 15.8. The number of anilines is 1. The van der Waals surface area contributed by atoms with Gasteiger partial charge in [-0.3, -0.25) is 14.2 Å². The number of piperidine rings is 1. The Morgan fingerprint density at radius 3 is 2.86 bits per heavy atom. The first kappa shape index (κ1) is 16.9. The number of hydrogen-bond acceptors (Lipinski definition) is 6. The van der Waals surface area contributed by atoms with Gasteiger partial charge >= 0.3 is 0 Å². The molecule has 1 aliphatic rings. The van der Waals surface area contributed by atoms with Crippen molar-refractivity contribution in [1.82, 2.24) is 34.3 Å². The highest BCUT2D eigenvalue weighted by atomic mass is 16.3. The van der Waals surface area contributed by atoms with Gasteiger partial charge in [-0.2, -0.15) is 10.2 Å². The minimum absolute atomic E-state index is 0.215.